The zero-order chi connectivity index (χ0) is 18.4. The van der Waals surface area contributed by atoms with Crippen LogP contribution in [0.15, 0.2) is 29.0 Å². The Labute approximate surface area is 167 Å². The minimum atomic E-state index is 0. The number of aromatic nitrogens is 7. The third kappa shape index (κ3) is 3.16. The summed E-state index contributed by atoms with van der Waals surface area (Å²) >= 11 is 0. The van der Waals surface area contributed by atoms with E-state index in [1.165, 1.54) is 0 Å². The highest BCUT2D eigenvalue weighted by Crippen LogP contribution is 2.25. The molecular weight excluding hydrogens is 380 g/mol. The van der Waals surface area contributed by atoms with Crippen LogP contribution in [0.4, 0.5) is 0 Å². The molecule has 4 aromatic rings. The van der Waals surface area contributed by atoms with Gasteiger partial charge in [-0.2, -0.15) is 15.2 Å². The van der Waals surface area contributed by atoms with Crippen molar-refractivity contribution in [3.05, 3.63) is 35.9 Å². The Balaban J connectivity index is 0.00000192. The largest absolute Gasteiger partial charge is 0.332 e. The number of nitrogens with zero attached hydrogens (tertiary/aromatic N) is 7. The monoisotopic (exact) mass is 400 g/mol. The first-order valence-electron chi connectivity index (χ1n) is 9.11. The van der Waals surface area contributed by atoms with E-state index in [0.717, 1.165) is 48.5 Å². The quantitative estimate of drug-likeness (QED) is 0.564. The number of hydrogen-bond donors (Lipinski definition) is 1. The molecule has 0 amide bonds. The number of rotatable bonds is 3. The summed E-state index contributed by atoms with van der Waals surface area (Å²) in [4.78, 5) is 9.10. The van der Waals surface area contributed by atoms with Gasteiger partial charge >= 0.3 is 0 Å². The molecule has 146 valence electrons. The lowest BCUT2D eigenvalue weighted by Gasteiger charge is -2.22. The summed E-state index contributed by atoms with van der Waals surface area (Å²) in [5, 5.41) is 16.5. The minimum Gasteiger partial charge on any atom is -0.332 e. The fourth-order valence-electron chi connectivity index (χ4n) is 3.58. The molecule has 1 aliphatic rings. The molecular formula is C18H21ClN8O. The van der Waals surface area contributed by atoms with Gasteiger partial charge in [0, 0.05) is 24.1 Å². The highest BCUT2D eigenvalue weighted by atomic mass is 35.5. The predicted molar refractivity (Wildman–Crippen MR) is 105 cm³/mol. The second kappa shape index (κ2) is 7.33. The van der Waals surface area contributed by atoms with Crippen LogP contribution in [0.5, 0.6) is 0 Å². The molecule has 1 unspecified atom stereocenters. The zero-order valence-electron chi connectivity index (χ0n) is 15.7. The normalized spacial score (nSPS) is 17.0. The molecule has 28 heavy (non-hydrogen) atoms. The molecule has 1 saturated heterocycles. The van der Waals surface area contributed by atoms with Crippen LogP contribution in [0, 0.1) is 13.8 Å². The SMILES string of the molecule is Cc1cc(C)n2ncc(-c3noc(-c4ccn(C5CCCNC5)n4)n3)c2n1.Cl. The number of fused-ring (bicyclic) bond motifs is 1. The molecule has 1 fully saturated rings. The van der Waals surface area contributed by atoms with Crippen LogP contribution < -0.4 is 5.32 Å². The highest BCUT2D eigenvalue weighted by Gasteiger charge is 2.20. The standard InChI is InChI=1S/C18H20N8O.ClH/c1-11-8-12(2)26-17(21-11)14(10-20-26)16-22-18(27-24-16)15-5-7-25(23-15)13-4-3-6-19-9-13;/h5,7-8,10,13,19H,3-4,6,9H2,1-2H3;1H. The number of aryl methyl sites for hydroxylation is 2. The summed E-state index contributed by atoms with van der Waals surface area (Å²) in [5.41, 5.74) is 4.07. The van der Waals surface area contributed by atoms with Gasteiger partial charge in [-0.3, -0.25) is 4.68 Å². The fourth-order valence-corrected chi connectivity index (χ4v) is 3.58. The molecule has 9 nitrogen and oxygen atoms in total. The van der Waals surface area contributed by atoms with Crippen LogP contribution in [0.1, 0.15) is 30.3 Å². The molecule has 5 heterocycles. The first-order valence-corrected chi connectivity index (χ1v) is 9.11. The summed E-state index contributed by atoms with van der Waals surface area (Å²) < 4.78 is 9.23. The van der Waals surface area contributed by atoms with Crippen molar-refractivity contribution in [3.63, 3.8) is 0 Å². The van der Waals surface area contributed by atoms with Crippen molar-refractivity contribution in [1.82, 2.24) is 39.8 Å². The van der Waals surface area contributed by atoms with Gasteiger partial charge < -0.3 is 9.84 Å². The molecule has 0 saturated carbocycles. The van der Waals surface area contributed by atoms with E-state index in [-0.39, 0.29) is 12.4 Å². The van der Waals surface area contributed by atoms with Crippen molar-refractivity contribution in [2.24, 2.45) is 0 Å². The van der Waals surface area contributed by atoms with Gasteiger partial charge in [0.2, 0.25) is 5.82 Å². The van der Waals surface area contributed by atoms with Crippen molar-refractivity contribution in [1.29, 1.82) is 0 Å². The molecule has 0 aromatic carbocycles. The maximum absolute atomic E-state index is 5.47. The van der Waals surface area contributed by atoms with E-state index in [4.69, 9.17) is 4.52 Å². The van der Waals surface area contributed by atoms with Crippen LogP contribution >= 0.6 is 12.4 Å². The van der Waals surface area contributed by atoms with Crippen LogP contribution in [0.2, 0.25) is 0 Å². The molecule has 10 heteroatoms. The lowest BCUT2D eigenvalue weighted by atomic mass is 10.1. The Hall–Kier alpha value is -2.78. The maximum atomic E-state index is 5.47. The zero-order valence-corrected chi connectivity index (χ0v) is 16.5. The van der Waals surface area contributed by atoms with Gasteiger partial charge in [0.1, 0.15) is 0 Å². The second-order valence-electron chi connectivity index (χ2n) is 6.94. The summed E-state index contributed by atoms with van der Waals surface area (Å²) in [6.07, 6.45) is 5.97. The van der Waals surface area contributed by atoms with Gasteiger partial charge in [-0.25, -0.2) is 9.50 Å². The van der Waals surface area contributed by atoms with Gasteiger partial charge in [-0.15, -0.1) is 12.4 Å². The van der Waals surface area contributed by atoms with Crippen LogP contribution in [0.3, 0.4) is 0 Å². The molecule has 1 N–H and O–H groups in total. The Kier molecular flexibility index (Phi) is 4.86. The summed E-state index contributed by atoms with van der Waals surface area (Å²) in [6.45, 7) is 5.96. The number of nitrogens with one attached hydrogen (secondary N) is 1. The molecule has 1 atom stereocenters. The molecule has 0 radical (unpaired) electrons. The maximum Gasteiger partial charge on any atom is 0.278 e. The van der Waals surface area contributed by atoms with E-state index in [1.807, 2.05) is 36.9 Å². The van der Waals surface area contributed by atoms with Crippen molar-refractivity contribution >= 4 is 18.1 Å². The van der Waals surface area contributed by atoms with E-state index >= 15 is 0 Å². The highest BCUT2D eigenvalue weighted by molar-refractivity contribution is 5.85. The van der Waals surface area contributed by atoms with E-state index in [0.29, 0.717) is 23.5 Å². The van der Waals surface area contributed by atoms with Crippen LogP contribution in [-0.4, -0.2) is 47.6 Å². The Morgan fingerprint density at radius 2 is 2.14 bits per heavy atom. The Morgan fingerprint density at radius 1 is 1.25 bits per heavy atom. The topological polar surface area (TPSA) is 99.0 Å². The van der Waals surface area contributed by atoms with Gasteiger partial charge in [-0.1, -0.05) is 5.16 Å². The third-order valence-corrected chi connectivity index (χ3v) is 4.92. The number of hydrogen-bond acceptors (Lipinski definition) is 7. The first-order chi connectivity index (χ1) is 13.2. The van der Waals surface area contributed by atoms with Crippen molar-refractivity contribution in [3.8, 4) is 23.0 Å². The fraction of sp³-hybridized carbons (Fsp3) is 0.389. The van der Waals surface area contributed by atoms with Crippen LogP contribution in [0.25, 0.3) is 28.6 Å². The molecule has 1 aliphatic heterocycles. The minimum absolute atomic E-state index is 0. The van der Waals surface area contributed by atoms with Gasteiger partial charge in [0.05, 0.1) is 17.8 Å². The molecule has 5 rings (SSSR count). The van der Waals surface area contributed by atoms with Gasteiger partial charge in [-0.05, 0) is 45.4 Å². The summed E-state index contributed by atoms with van der Waals surface area (Å²) in [5.74, 6) is 0.864. The molecule has 0 spiro atoms. The lowest BCUT2D eigenvalue weighted by Crippen LogP contribution is -2.31. The average Bonchev–Trinajstić information content (AvgIpc) is 3.41. The predicted octanol–water partition coefficient (Wildman–Crippen LogP) is 2.61. The summed E-state index contributed by atoms with van der Waals surface area (Å²) in [6, 6.07) is 4.26. The molecule has 4 aromatic heterocycles. The lowest BCUT2D eigenvalue weighted by molar-refractivity contribution is 0.346. The Morgan fingerprint density at radius 3 is 2.96 bits per heavy atom. The molecule has 0 bridgehead atoms. The molecule has 0 aliphatic carbocycles. The third-order valence-electron chi connectivity index (χ3n) is 4.92. The number of piperidine rings is 1. The number of halogens is 1. The van der Waals surface area contributed by atoms with Crippen molar-refractivity contribution in [2.45, 2.75) is 32.7 Å². The Bertz CT molecular complexity index is 1110. The van der Waals surface area contributed by atoms with E-state index in [2.05, 4.69) is 30.6 Å². The summed E-state index contributed by atoms with van der Waals surface area (Å²) in [7, 11) is 0. The first kappa shape index (κ1) is 18.6. The van der Waals surface area contributed by atoms with Crippen molar-refractivity contribution in [2.75, 3.05) is 13.1 Å². The van der Waals surface area contributed by atoms with E-state index in [1.54, 1.807) is 10.7 Å². The smallest absolute Gasteiger partial charge is 0.278 e. The second-order valence-corrected chi connectivity index (χ2v) is 6.94. The van der Waals surface area contributed by atoms with Crippen LogP contribution in [-0.2, 0) is 0 Å². The van der Waals surface area contributed by atoms with E-state index < -0.39 is 0 Å². The average molecular weight is 401 g/mol. The van der Waals surface area contributed by atoms with E-state index in [9.17, 15) is 0 Å². The van der Waals surface area contributed by atoms with Crippen molar-refractivity contribution < 1.29 is 4.52 Å². The van der Waals surface area contributed by atoms with Gasteiger partial charge in [0.15, 0.2) is 11.3 Å². The van der Waals surface area contributed by atoms with Gasteiger partial charge in [0.25, 0.3) is 5.89 Å².